The van der Waals surface area contributed by atoms with E-state index in [1.165, 1.54) is 6.42 Å². The number of rotatable bonds is 1. The molecule has 4 heteroatoms. The maximum Gasteiger partial charge on any atom is 0.326 e. The topological polar surface area (TPSA) is 41.0 Å². The smallest absolute Gasteiger partial charge is 0.310 e. The minimum absolute atomic E-state index is 0.0598. The van der Waals surface area contributed by atoms with Crippen LogP contribution in [0.4, 0.5) is 0 Å². The van der Waals surface area contributed by atoms with E-state index in [-0.39, 0.29) is 5.69 Å². The molecule has 0 aliphatic carbocycles. The van der Waals surface area contributed by atoms with Crippen molar-refractivity contribution in [2.75, 3.05) is 20.1 Å². The van der Waals surface area contributed by atoms with E-state index in [9.17, 15) is 4.79 Å². The lowest BCUT2D eigenvalue weighted by atomic mass is 10.1. The van der Waals surface area contributed by atoms with Gasteiger partial charge in [0.25, 0.3) is 0 Å². The molecule has 1 fully saturated rings. The molecule has 16 heavy (non-hydrogen) atoms. The van der Waals surface area contributed by atoms with Gasteiger partial charge in [-0.1, -0.05) is 0 Å². The molecule has 90 valence electrons. The van der Waals surface area contributed by atoms with E-state index in [0.29, 0.717) is 6.04 Å². The van der Waals surface area contributed by atoms with Crippen LogP contribution < -0.4 is 5.69 Å². The molecule has 0 bridgehead atoms. The molecule has 0 spiro atoms. The van der Waals surface area contributed by atoms with Crippen molar-refractivity contribution in [1.82, 2.24) is 14.5 Å². The molecule has 2 heterocycles. The van der Waals surface area contributed by atoms with Gasteiger partial charge in [-0.25, -0.2) is 4.79 Å². The van der Waals surface area contributed by atoms with Gasteiger partial charge in [-0.3, -0.25) is 4.57 Å². The van der Waals surface area contributed by atoms with Gasteiger partial charge in [0, 0.05) is 17.4 Å². The first kappa shape index (κ1) is 11.5. The van der Waals surface area contributed by atoms with Gasteiger partial charge in [-0.05, 0) is 53.2 Å². The molecule has 1 aromatic rings. The van der Waals surface area contributed by atoms with Crippen LogP contribution in [0.1, 0.15) is 36.7 Å². The Bertz CT molecular complexity index is 418. The van der Waals surface area contributed by atoms with Gasteiger partial charge in [0.1, 0.15) is 0 Å². The highest BCUT2D eigenvalue weighted by molar-refractivity contribution is 5.10. The van der Waals surface area contributed by atoms with Gasteiger partial charge in [0.2, 0.25) is 0 Å². The Kier molecular flexibility index (Phi) is 3.19. The molecule has 1 saturated heterocycles. The average molecular weight is 223 g/mol. The third-order valence-electron chi connectivity index (χ3n) is 3.70. The summed E-state index contributed by atoms with van der Waals surface area (Å²) in [7, 11) is 2.15. The summed E-state index contributed by atoms with van der Waals surface area (Å²) >= 11 is 0. The number of nitrogens with zero attached hydrogens (tertiary/aromatic N) is 2. The fourth-order valence-corrected chi connectivity index (χ4v) is 2.56. The normalized spacial score (nSPS) is 23.3. The summed E-state index contributed by atoms with van der Waals surface area (Å²) in [5.74, 6) is 0. The molecule has 1 N–H and O–H groups in total. The van der Waals surface area contributed by atoms with Crippen LogP contribution in [-0.2, 0) is 0 Å². The lowest BCUT2D eigenvalue weighted by Gasteiger charge is -2.17. The Morgan fingerprint density at radius 2 is 2.00 bits per heavy atom. The lowest BCUT2D eigenvalue weighted by Crippen LogP contribution is -2.25. The van der Waals surface area contributed by atoms with Crippen molar-refractivity contribution in [3.63, 3.8) is 0 Å². The Balaban J connectivity index is 2.26. The Morgan fingerprint density at radius 3 is 2.62 bits per heavy atom. The van der Waals surface area contributed by atoms with Crippen LogP contribution in [0.2, 0.25) is 0 Å². The number of H-pyrrole nitrogens is 1. The molecule has 1 aliphatic rings. The number of imidazole rings is 1. The summed E-state index contributed by atoms with van der Waals surface area (Å²) in [5, 5.41) is 0. The number of hydrogen-bond donors (Lipinski definition) is 1. The van der Waals surface area contributed by atoms with E-state index in [4.69, 9.17) is 0 Å². The van der Waals surface area contributed by atoms with E-state index < -0.39 is 0 Å². The predicted molar refractivity (Wildman–Crippen MR) is 64.9 cm³/mol. The van der Waals surface area contributed by atoms with E-state index in [1.807, 2.05) is 18.4 Å². The third kappa shape index (κ3) is 2.07. The molecular formula is C12H21N3O. The predicted octanol–water partition coefficient (Wildman–Crippen LogP) is 1.45. The number of aromatic amines is 1. The zero-order chi connectivity index (χ0) is 11.7. The van der Waals surface area contributed by atoms with Gasteiger partial charge >= 0.3 is 5.69 Å². The fourth-order valence-electron chi connectivity index (χ4n) is 2.56. The number of hydrogen-bond acceptors (Lipinski definition) is 2. The molecule has 0 amide bonds. The van der Waals surface area contributed by atoms with Crippen molar-refractivity contribution in [3.8, 4) is 0 Å². The van der Waals surface area contributed by atoms with Crippen LogP contribution in [0.5, 0.6) is 0 Å². The summed E-state index contributed by atoms with van der Waals surface area (Å²) in [4.78, 5) is 17.1. The van der Waals surface area contributed by atoms with Gasteiger partial charge in [-0.15, -0.1) is 0 Å². The highest BCUT2D eigenvalue weighted by Gasteiger charge is 2.20. The van der Waals surface area contributed by atoms with Crippen LogP contribution in [-0.4, -0.2) is 34.6 Å². The first-order valence-electron chi connectivity index (χ1n) is 6.06. The second-order valence-electron chi connectivity index (χ2n) is 4.90. The van der Waals surface area contributed by atoms with Crippen LogP contribution in [0, 0.1) is 13.8 Å². The molecular weight excluding hydrogens is 202 g/mol. The van der Waals surface area contributed by atoms with Crippen LogP contribution in [0.15, 0.2) is 4.79 Å². The van der Waals surface area contributed by atoms with Crippen LogP contribution in [0.25, 0.3) is 0 Å². The standard InChI is InChI=1S/C12H21N3O/c1-9-10(2)15(12(16)13-9)11-5-4-7-14(3)8-6-11/h11H,4-8H2,1-3H3,(H,13,16). The second kappa shape index (κ2) is 4.45. The fraction of sp³-hybridized carbons (Fsp3) is 0.750. The first-order chi connectivity index (χ1) is 7.59. The minimum atomic E-state index is 0.0598. The van der Waals surface area contributed by atoms with Crippen molar-refractivity contribution in [2.45, 2.75) is 39.2 Å². The first-order valence-corrected chi connectivity index (χ1v) is 6.06. The lowest BCUT2D eigenvalue weighted by molar-refractivity contribution is 0.339. The molecule has 0 aromatic carbocycles. The van der Waals surface area contributed by atoms with Crippen molar-refractivity contribution >= 4 is 0 Å². The van der Waals surface area contributed by atoms with Crippen molar-refractivity contribution in [3.05, 3.63) is 21.9 Å². The van der Waals surface area contributed by atoms with Crippen molar-refractivity contribution in [2.24, 2.45) is 0 Å². The van der Waals surface area contributed by atoms with Gasteiger partial charge in [0.05, 0.1) is 0 Å². The summed E-state index contributed by atoms with van der Waals surface area (Å²) in [5.41, 5.74) is 2.16. The van der Waals surface area contributed by atoms with E-state index in [2.05, 4.69) is 16.9 Å². The van der Waals surface area contributed by atoms with E-state index >= 15 is 0 Å². The second-order valence-corrected chi connectivity index (χ2v) is 4.90. The molecule has 1 unspecified atom stereocenters. The molecule has 4 nitrogen and oxygen atoms in total. The molecule has 1 atom stereocenters. The molecule has 1 aromatic heterocycles. The average Bonchev–Trinajstić information content (AvgIpc) is 2.42. The largest absolute Gasteiger partial charge is 0.326 e. The minimum Gasteiger partial charge on any atom is -0.310 e. The number of nitrogens with one attached hydrogen (secondary N) is 1. The third-order valence-corrected chi connectivity index (χ3v) is 3.70. The number of aryl methyl sites for hydroxylation is 1. The zero-order valence-electron chi connectivity index (χ0n) is 10.4. The summed E-state index contributed by atoms with van der Waals surface area (Å²) in [6, 6.07) is 0.377. The zero-order valence-corrected chi connectivity index (χ0v) is 10.4. The molecule has 2 rings (SSSR count). The molecule has 0 saturated carbocycles. The highest BCUT2D eigenvalue weighted by atomic mass is 16.1. The number of aromatic nitrogens is 2. The monoisotopic (exact) mass is 223 g/mol. The van der Waals surface area contributed by atoms with Gasteiger partial charge < -0.3 is 9.88 Å². The van der Waals surface area contributed by atoms with Gasteiger partial charge in [-0.2, -0.15) is 0 Å². The molecule has 1 aliphatic heterocycles. The highest BCUT2D eigenvalue weighted by Crippen LogP contribution is 2.22. The van der Waals surface area contributed by atoms with E-state index in [1.54, 1.807) is 0 Å². The maximum atomic E-state index is 11.8. The van der Waals surface area contributed by atoms with E-state index in [0.717, 1.165) is 37.3 Å². The summed E-state index contributed by atoms with van der Waals surface area (Å²) < 4.78 is 1.95. The quantitative estimate of drug-likeness (QED) is 0.783. The Labute approximate surface area is 96.3 Å². The van der Waals surface area contributed by atoms with Crippen LogP contribution >= 0.6 is 0 Å². The Hall–Kier alpha value is -1.03. The summed E-state index contributed by atoms with van der Waals surface area (Å²) in [6.07, 6.45) is 3.37. The van der Waals surface area contributed by atoms with Gasteiger partial charge in [0.15, 0.2) is 0 Å². The van der Waals surface area contributed by atoms with Crippen molar-refractivity contribution < 1.29 is 0 Å². The van der Waals surface area contributed by atoms with Crippen LogP contribution in [0.3, 0.4) is 0 Å². The molecule has 0 radical (unpaired) electrons. The maximum absolute atomic E-state index is 11.8. The number of likely N-dealkylation sites (tertiary alicyclic amines) is 1. The SMILES string of the molecule is Cc1[nH]c(=O)n(C2CCCN(C)CC2)c1C. The summed E-state index contributed by atoms with van der Waals surface area (Å²) in [6.45, 7) is 6.23. The Morgan fingerprint density at radius 1 is 1.25 bits per heavy atom. The van der Waals surface area contributed by atoms with Crippen molar-refractivity contribution in [1.29, 1.82) is 0 Å².